The van der Waals surface area contributed by atoms with Gasteiger partial charge in [0.05, 0.1) is 12.2 Å². The van der Waals surface area contributed by atoms with E-state index in [0.717, 1.165) is 5.56 Å². The third kappa shape index (κ3) is 2.96. The molecule has 0 fully saturated rings. The Morgan fingerprint density at radius 2 is 2.05 bits per heavy atom. The van der Waals surface area contributed by atoms with E-state index in [1.54, 1.807) is 10.8 Å². The smallest absolute Gasteiger partial charge is 0.190 e. The van der Waals surface area contributed by atoms with Crippen LogP contribution in [0.15, 0.2) is 36.9 Å². The minimum absolute atomic E-state index is 0.324. The van der Waals surface area contributed by atoms with Crippen molar-refractivity contribution in [3.63, 3.8) is 0 Å². The minimum atomic E-state index is 0.324. The Hall–Kier alpha value is -2.67. The number of aryl methyl sites for hydroxylation is 1. The first-order valence-electron chi connectivity index (χ1n) is 5.94. The topological polar surface area (TPSA) is 54.5 Å². The maximum atomic E-state index is 9.01. The first kappa shape index (κ1) is 12.8. The normalized spacial score (nSPS) is 10.5. The van der Waals surface area contributed by atoms with Crippen molar-refractivity contribution in [3.05, 3.63) is 59.4 Å². The number of hydrogen-bond donors (Lipinski definition) is 0. The first-order chi connectivity index (χ1) is 9.24. The van der Waals surface area contributed by atoms with Crippen LogP contribution in [0.4, 0.5) is 0 Å². The predicted octanol–water partition coefficient (Wildman–Crippen LogP) is 2.81. The van der Waals surface area contributed by atoms with Gasteiger partial charge in [0.2, 0.25) is 0 Å². The molecule has 4 nitrogen and oxygen atoms in total. The van der Waals surface area contributed by atoms with Gasteiger partial charge in [-0.15, -0.1) is 11.7 Å². The molecule has 94 valence electrons. The standard InChI is InChI=1S/C15H14N4/c1-3-10-19-15(14(11-16)17-18-19)9-8-13-6-4-12(2)5-7-13/h3-9H,1,10H2,2H3/b9-8+. The van der Waals surface area contributed by atoms with Crippen LogP contribution in [0.1, 0.15) is 22.5 Å². The minimum Gasteiger partial charge on any atom is -0.240 e. The fourth-order valence-corrected chi connectivity index (χ4v) is 1.67. The highest BCUT2D eigenvalue weighted by atomic mass is 15.4. The Kier molecular flexibility index (Phi) is 3.89. The van der Waals surface area contributed by atoms with Gasteiger partial charge >= 0.3 is 0 Å². The lowest BCUT2D eigenvalue weighted by Crippen LogP contribution is -2.00. The van der Waals surface area contributed by atoms with Gasteiger partial charge in [-0.05, 0) is 18.6 Å². The van der Waals surface area contributed by atoms with Crippen LogP contribution >= 0.6 is 0 Å². The van der Waals surface area contributed by atoms with Gasteiger partial charge in [-0.3, -0.25) is 0 Å². The predicted molar refractivity (Wildman–Crippen MR) is 75.0 cm³/mol. The van der Waals surface area contributed by atoms with Gasteiger partial charge < -0.3 is 0 Å². The fourth-order valence-electron chi connectivity index (χ4n) is 1.67. The monoisotopic (exact) mass is 250 g/mol. The van der Waals surface area contributed by atoms with Crippen molar-refractivity contribution in [3.8, 4) is 6.07 Å². The van der Waals surface area contributed by atoms with Crippen LogP contribution < -0.4 is 0 Å². The molecule has 0 saturated carbocycles. The molecule has 0 aliphatic carbocycles. The number of nitriles is 1. The highest BCUT2D eigenvalue weighted by Gasteiger charge is 2.08. The van der Waals surface area contributed by atoms with E-state index >= 15 is 0 Å². The molecule has 0 aliphatic rings. The Labute approximate surface area is 112 Å². The summed E-state index contributed by atoms with van der Waals surface area (Å²) < 4.78 is 1.65. The van der Waals surface area contributed by atoms with Crippen molar-refractivity contribution in [1.29, 1.82) is 5.26 Å². The second-order valence-electron chi connectivity index (χ2n) is 4.15. The molecule has 0 radical (unpaired) electrons. The lowest BCUT2D eigenvalue weighted by molar-refractivity contribution is 0.657. The average molecular weight is 250 g/mol. The highest BCUT2D eigenvalue weighted by molar-refractivity contribution is 5.70. The molecule has 19 heavy (non-hydrogen) atoms. The quantitative estimate of drug-likeness (QED) is 0.784. The molecule has 0 saturated heterocycles. The largest absolute Gasteiger partial charge is 0.240 e. The summed E-state index contributed by atoms with van der Waals surface area (Å²) in [5.41, 5.74) is 3.31. The van der Waals surface area contributed by atoms with Crippen LogP contribution in [-0.2, 0) is 6.54 Å². The van der Waals surface area contributed by atoms with Gasteiger partial charge in [-0.2, -0.15) is 5.26 Å². The van der Waals surface area contributed by atoms with Crippen molar-refractivity contribution >= 4 is 12.2 Å². The van der Waals surface area contributed by atoms with E-state index in [4.69, 9.17) is 5.26 Å². The summed E-state index contributed by atoms with van der Waals surface area (Å²) in [6.07, 6.45) is 5.52. The summed E-state index contributed by atoms with van der Waals surface area (Å²) in [5, 5.41) is 16.8. The fraction of sp³-hybridized carbons (Fsp3) is 0.133. The second-order valence-corrected chi connectivity index (χ2v) is 4.15. The maximum absolute atomic E-state index is 9.01. The van der Waals surface area contributed by atoms with Crippen LogP contribution in [0.3, 0.4) is 0 Å². The molecule has 0 amide bonds. The number of hydrogen-bond acceptors (Lipinski definition) is 3. The Balaban J connectivity index is 2.31. The molecule has 1 aromatic heterocycles. The Morgan fingerprint density at radius 3 is 2.68 bits per heavy atom. The van der Waals surface area contributed by atoms with Gasteiger partial charge in [-0.25, -0.2) is 4.68 Å². The number of nitrogens with zero attached hydrogens (tertiary/aromatic N) is 4. The van der Waals surface area contributed by atoms with E-state index in [-0.39, 0.29) is 0 Å². The molecule has 2 aromatic rings. The van der Waals surface area contributed by atoms with E-state index in [1.165, 1.54) is 5.56 Å². The van der Waals surface area contributed by atoms with E-state index in [0.29, 0.717) is 17.9 Å². The summed E-state index contributed by atoms with van der Waals surface area (Å²) in [7, 11) is 0. The van der Waals surface area contributed by atoms with Crippen molar-refractivity contribution in [1.82, 2.24) is 15.0 Å². The summed E-state index contributed by atoms with van der Waals surface area (Å²) >= 11 is 0. The molecular weight excluding hydrogens is 236 g/mol. The molecule has 4 heteroatoms. The lowest BCUT2D eigenvalue weighted by Gasteiger charge is -1.99. The molecule has 0 unspecified atom stereocenters. The molecule has 0 aliphatic heterocycles. The third-order valence-corrected chi connectivity index (χ3v) is 2.69. The summed E-state index contributed by atoms with van der Waals surface area (Å²) in [4.78, 5) is 0. The number of allylic oxidation sites excluding steroid dienone is 1. The molecule has 0 N–H and O–H groups in total. The zero-order valence-corrected chi connectivity index (χ0v) is 10.7. The van der Waals surface area contributed by atoms with E-state index in [2.05, 4.69) is 16.9 Å². The van der Waals surface area contributed by atoms with Gasteiger partial charge in [-0.1, -0.05) is 47.2 Å². The van der Waals surface area contributed by atoms with E-state index in [1.807, 2.05) is 49.4 Å². The van der Waals surface area contributed by atoms with Crippen LogP contribution in [0.2, 0.25) is 0 Å². The number of benzene rings is 1. The van der Waals surface area contributed by atoms with Crippen molar-refractivity contribution < 1.29 is 0 Å². The Bertz CT molecular complexity index is 642. The number of rotatable bonds is 4. The zero-order chi connectivity index (χ0) is 13.7. The van der Waals surface area contributed by atoms with E-state index in [9.17, 15) is 0 Å². The molecule has 1 heterocycles. The molecule has 0 bridgehead atoms. The lowest BCUT2D eigenvalue weighted by atomic mass is 10.1. The van der Waals surface area contributed by atoms with Crippen molar-refractivity contribution in [2.45, 2.75) is 13.5 Å². The highest BCUT2D eigenvalue weighted by Crippen LogP contribution is 2.11. The van der Waals surface area contributed by atoms with Crippen LogP contribution in [0.5, 0.6) is 0 Å². The molecule has 2 rings (SSSR count). The third-order valence-electron chi connectivity index (χ3n) is 2.69. The zero-order valence-electron chi connectivity index (χ0n) is 10.7. The van der Waals surface area contributed by atoms with Crippen molar-refractivity contribution in [2.24, 2.45) is 0 Å². The molecule has 0 atom stereocenters. The second kappa shape index (κ2) is 5.78. The van der Waals surface area contributed by atoms with E-state index < -0.39 is 0 Å². The molecule has 1 aromatic carbocycles. The Morgan fingerprint density at radius 1 is 1.32 bits per heavy atom. The number of aromatic nitrogens is 3. The van der Waals surface area contributed by atoms with Crippen molar-refractivity contribution in [2.75, 3.05) is 0 Å². The summed E-state index contributed by atoms with van der Waals surface area (Å²) in [5.74, 6) is 0. The van der Waals surface area contributed by atoms with Gasteiger partial charge in [0.1, 0.15) is 6.07 Å². The summed E-state index contributed by atoms with van der Waals surface area (Å²) in [6.45, 7) is 6.24. The maximum Gasteiger partial charge on any atom is 0.190 e. The summed E-state index contributed by atoms with van der Waals surface area (Å²) in [6, 6.07) is 10.2. The molecular formula is C15H14N4. The average Bonchev–Trinajstić information content (AvgIpc) is 2.81. The van der Waals surface area contributed by atoms with Gasteiger partial charge in [0.25, 0.3) is 0 Å². The van der Waals surface area contributed by atoms with Crippen LogP contribution in [0.25, 0.3) is 12.2 Å². The van der Waals surface area contributed by atoms with Crippen LogP contribution in [0, 0.1) is 18.3 Å². The van der Waals surface area contributed by atoms with Gasteiger partial charge in [0, 0.05) is 0 Å². The SMILES string of the molecule is C=CCn1nnc(C#N)c1/C=C/c1ccc(C)cc1. The molecule has 0 spiro atoms. The van der Waals surface area contributed by atoms with Crippen LogP contribution in [-0.4, -0.2) is 15.0 Å². The first-order valence-corrected chi connectivity index (χ1v) is 5.94. The van der Waals surface area contributed by atoms with Gasteiger partial charge in [0.15, 0.2) is 5.69 Å².